The number of carbonyl (C=O) groups excluding carboxylic acids is 2. The van der Waals surface area contributed by atoms with E-state index < -0.39 is 5.41 Å². The number of benzene rings is 1. The van der Waals surface area contributed by atoms with Crippen LogP contribution in [-0.4, -0.2) is 25.0 Å². The molecule has 0 atom stereocenters. The molecule has 132 valence electrons. The molecular formula is C19H26ClNO3. The quantitative estimate of drug-likeness (QED) is 0.759. The number of hydrogen-bond acceptors (Lipinski definition) is 3. The molecule has 0 radical (unpaired) electrons. The summed E-state index contributed by atoms with van der Waals surface area (Å²) in [4.78, 5) is 24.5. The van der Waals surface area contributed by atoms with Crippen molar-refractivity contribution in [2.75, 3.05) is 13.2 Å². The fraction of sp³-hybridized carbons (Fsp3) is 0.579. The molecule has 1 fully saturated rings. The molecule has 0 unspecified atom stereocenters. The molecule has 1 saturated carbocycles. The average Bonchev–Trinajstić information content (AvgIpc) is 3.04. The molecule has 0 aliphatic heterocycles. The summed E-state index contributed by atoms with van der Waals surface area (Å²) in [6, 6.07) is 7.36. The van der Waals surface area contributed by atoms with Crippen LogP contribution in [0.2, 0.25) is 5.02 Å². The molecule has 0 saturated heterocycles. The number of esters is 1. The van der Waals surface area contributed by atoms with Crippen molar-refractivity contribution in [3.05, 3.63) is 34.9 Å². The van der Waals surface area contributed by atoms with Crippen molar-refractivity contribution < 1.29 is 14.3 Å². The third kappa shape index (κ3) is 4.73. The van der Waals surface area contributed by atoms with Crippen LogP contribution in [0.5, 0.6) is 0 Å². The molecular weight excluding hydrogens is 326 g/mol. The van der Waals surface area contributed by atoms with Gasteiger partial charge in [0.2, 0.25) is 0 Å². The molecule has 0 heterocycles. The second-order valence-corrected chi connectivity index (χ2v) is 7.34. The number of amides is 1. The van der Waals surface area contributed by atoms with E-state index in [-0.39, 0.29) is 18.5 Å². The number of nitrogens with one attached hydrogen (secondary N) is 1. The molecule has 1 aromatic carbocycles. The molecule has 1 aliphatic carbocycles. The van der Waals surface area contributed by atoms with Gasteiger partial charge in [0.1, 0.15) is 0 Å². The van der Waals surface area contributed by atoms with Gasteiger partial charge in [0, 0.05) is 11.6 Å². The first kappa shape index (κ1) is 18.8. The number of halogens is 1. The van der Waals surface area contributed by atoms with Gasteiger partial charge in [-0.25, -0.2) is 0 Å². The zero-order chi connectivity index (χ0) is 17.6. The summed E-state index contributed by atoms with van der Waals surface area (Å²) in [5.74, 6) is -0.0194. The predicted octanol–water partition coefficient (Wildman–Crippen LogP) is 3.86. The molecule has 1 aromatic rings. The first-order valence-corrected chi connectivity index (χ1v) is 9.02. The molecule has 1 amide bonds. The third-order valence-corrected chi connectivity index (χ3v) is 4.87. The molecule has 1 aliphatic rings. The fourth-order valence-electron chi connectivity index (χ4n) is 3.18. The van der Waals surface area contributed by atoms with Gasteiger partial charge >= 0.3 is 5.97 Å². The third-order valence-electron chi connectivity index (χ3n) is 4.62. The minimum Gasteiger partial charge on any atom is -0.455 e. The van der Waals surface area contributed by atoms with Crippen LogP contribution in [-0.2, 0) is 19.7 Å². The van der Waals surface area contributed by atoms with Crippen LogP contribution in [0.25, 0.3) is 0 Å². The monoisotopic (exact) mass is 351 g/mol. The highest BCUT2D eigenvalue weighted by molar-refractivity contribution is 6.30. The summed E-state index contributed by atoms with van der Waals surface area (Å²) < 4.78 is 5.35. The van der Waals surface area contributed by atoms with Crippen molar-refractivity contribution >= 4 is 23.5 Å². The second-order valence-electron chi connectivity index (χ2n) is 6.90. The second kappa shape index (κ2) is 8.52. The normalized spacial score (nSPS) is 16.2. The van der Waals surface area contributed by atoms with E-state index in [0.29, 0.717) is 17.5 Å². The first-order chi connectivity index (χ1) is 11.4. The van der Waals surface area contributed by atoms with Crippen LogP contribution in [0, 0.1) is 5.92 Å². The SMILES string of the molecule is CC(C)CCNC(=O)COC(=O)C1(c2ccc(Cl)cc2)CCCC1. The van der Waals surface area contributed by atoms with E-state index in [1.165, 1.54) is 0 Å². The van der Waals surface area contributed by atoms with E-state index in [1.807, 2.05) is 12.1 Å². The summed E-state index contributed by atoms with van der Waals surface area (Å²) in [7, 11) is 0. The number of hydrogen-bond donors (Lipinski definition) is 1. The van der Waals surface area contributed by atoms with Gasteiger partial charge in [0.05, 0.1) is 5.41 Å². The minimum atomic E-state index is -0.636. The van der Waals surface area contributed by atoms with Gasteiger partial charge < -0.3 is 10.1 Å². The summed E-state index contributed by atoms with van der Waals surface area (Å²) >= 11 is 5.95. The zero-order valence-electron chi connectivity index (χ0n) is 14.4. The predicted molar refractivity (Wildman–Crippen MR) is 95.0 cm³/mol. The fourth-order valence-corrected chi connectivity index (χ4v) is 3.30. The van der Waals surface area contributed by atoms with Gasteiger partial charge in [-0.15, -0.1) is 0 Å². The van der Waals surface area contributed by atoms with Crippen LogP contribution in [0.15, 0.2) is 24.3 Å². The van der Waals surface area contributed by atoms with Crippen molar-refractivity contribution in [1.29, 1.82) is 0 Å². The number of rotatable bonds is 7. The Kier molecular flexibility index (Phi) is 6.67. The number of carbonyl (C=O) groups is 2. The molecule has 0 aromatic heterocycles. The van der Waals surface area contributed by atoms with Gasteiger partial charge in [-0.1, -0.05) is 50.4 Å². The maximum Gasteiger partial charge on any atom is 0.317 e. The largest absolute Gasteiger partial charge is 0.455 e. The smallest absolute Gasteiger partial charge is 0.317 e. The van der Waals surface area contributed by atoms with E-state index in [2.05, 4.69) is 19.2 Å². The topological polar surface area (TPSA) is 55.4 Å². The number of ether oxygens (including phenoxy) is 1. The molecule has 0 spiro atoms. The molecule has 1 N–H and O–H groups in total. The summed E-state index contributed by atoms with van der Waals surface area (Å²) in [6.45, 7) is 4.59. The molecule has 4 nitrogen and oxygen atoms in total. The van der Waals surface area contributed by atoms with Crippen molar-refractivity contribution in [2.45, 2.75) is 51.4 Å². The zero-order valence-corrected chi connectivity index (χ0v) is 15.2. The Bertz CT molecular complexity index is 562. The average molecular weight is 352 g/mol. The molecule has 5 heteroatoms. The van der Waals surface area contributed by atoms with E-state index in [0.717, 1.165) is 37.7 Å². The Morgan fingerprint density at radius 3 is 2.42 bits per heavy atom. The standard InChI is InChI=1S/C19H26ClNO3/c1-14(2)9-12-21-17(22)13-24-18(23)19(10-3-4-11-19)15-5-7-16(20)8-6-15/h5-8,14H,3-4,9-13H2,1-2H3,(H,21,22). The van der Waals surface area contributed by atoms with Crippen molar-refractivity contribution in [1.82, 2.24) is 5.32 Å². The minimum absolute atomic E-state index is 0.216. The van der Waals surface area contributed by atoms with Crippen LogP contribution < -0.4 is 5.32 Å². The Balaban J connectivity index is 1.95. The first-order valence-electron chi connectivity index (χ1n) is 8.64. The van der Waals surface area contributed by atoms with E-state index >= 15 is 0 Å². The Morgan fingerprint density at radius 1 is 1.21 bits per heavy atom. The highest BCUT2D eigenvalue weighted by Gasteiger charge is 2.44. The van der Waals surface area contributed by atoms with Crippen LogP contribution in [0.4, 0.5) is 0 Å². The highest BCUT2D eigenvalue weighted by Crippen LogP contribution is 2.42. The molecule has 0 bridgehead atoms. The molecule has 24 heavy (non-hydrogen) atoms. The Hall–Kier alpha value is -1.55. The lowest BCUT2D eigenvalue weighted by molar-refractivity contribution is -0.154. The lowest BCUT2D eigenvalue weighted by Crippen LogP contribution is -2.38. The van der Waals surface area contributed by atoms with E-state index in [4.69, 9.17) is 16.3 Å². The van der Waals surface area contributed by atoms with Crippen LogP contribution >= 0.6 is 11.6 Å². The van der Waals surface area contributed by atoms with Gasteiger partial charge in [-0.2, -0.15) is 0 Å². The lowest BCUT2D eigenvalue weighted by atomic mass is 9.79. The van der Waals surface area contributed by atoms with Gasteiger partial charge in [-0.05, 0) is 42.9 Å². The maximum atomic E-state index is 12.7. The summed E-state index contributed by atoms with van der Waals surface area (Å²) in [5.41, 5.74) is 0.289. The van der Waals surface area contributed by atoms with E-state index in [9.17, 15) is 9.59 Å². The Labute approximate surface area is 148 Å². The van der Waals surface area contributed by atoms with Crippen LogP contribution in [0.1, 0.15) is 51.5 Å². The highest BCUT2D eigenvalue weighted by atomic mass is 35.5. The summed E-state index contributed by atoms with van der Waals surface area (Å²) in [6.07, 6.45) is 4.38. The van der Waals surface area contributed by atoms with Gasteiger partial charge in [0.25, 0.3) is 5.91 Å². The van der Waals surface area contributed by atoms with Crippen molar-refractivity contribution in [3.63, 3.8) is 0 Å². The van der Waals surface area contributed by atoms with Crippen molar-refractivity contribution in [3.8, 4) is 0 Å². The van der Waals surface area contributed by atoms with Crippen LogP contribution in [0.3, 0.4) is 0 Å². The van der Waals surface area contributed by atoms with E-state index in [1.54, 1.807) is 12.1 Å². The maximum absolute atomic E-state index is 12.7. The van der Waals surface area contributed by atoms with Crippen molar-refractivity contribution in [2.24, 2.45) is 5.92 Å². The lowest BCUT2D eigenvalue weighted by Gasteiger charge is -2.27. The van der Waals surface area contributed by atoms with Gasteiger partial charge in [0.15, 0.2) is 6.61 Å². The molecule has 2 rings (SSSR count). The van der Waals surface area contributed by atoms with Gasteiger partial charge in [-0.3, -0.25) is 9.59 Å². The Morgan fingerprint density at radius 2 is 1.83 bits per heavy atom. The summed E-state index contributed by atoms with van der Waals surface area (Å²) in [5, 5.41) is 3.43.